The lowest BCUT2D eigenvalue weighted by Crippen LogP contribution is -2.47. The summed E-state index contributed by atoms with van der Waals surface area (Å²) >= 11 is 3.38. The number of rotatable bonds is 3. The van der Waals surface area contributed by atoms with Crippen molar-refractivity contribution in [2.45, 2.75) is 18.4 Å². The fourth-order valence-corrected chi connectivity index (χ4v) is 2.98. The van der Waals surface area contributed by atoms with E-state index in [-0.39, 0.29) is 0 Å². The number of hydrogen-bond acceptors (Lipinski definition) is 2. The molecule has 0 fully saturated rings. The SMILES string of the molecule is O=C(O)C1(Nc2ccc(Br)cc2)Cc2ccccc2C1. The van der Waals surface area contributed by atoms with Crippen LogP contribution in [0.1, 0.15) is 11.1 Å². The molecule has 4 heteroatoms. The van der Waals surface area contributed by atoms with E-state index >= 15 is 0 Å². The summed E-state index contributed by atoms with van der Waals surface area (Å²) in [6, 6.07) is 15.5. The van der Waals surface area contributed by atoms with E-state index in [9.17, 15) is 9.90 Å². The van der Waals surface area contributed by atoms with E-state index in [4.69, 9.17) is 0 Å². The Hall–Kier alpha value is -1.81. The molecule has 0 aromatic heterocycles. The summed E-state index contributed by atoms with van der Waals surface area (Å²) in [5.41, 5.74) is 2.10. The number of nitrogens with one attached hydrogen (secondary N) is 1. The Bertz CT molecular complexity index is 627. The summed E-state index contributed by atoms with van der Waals surface area (Å²) in [5.74, 6) is -0.809. The van der Waals surface area contributed by atoms with E-state index < -0.39 is 11.5 Å². The second kappa shape index (κ2) is 4.94. The topological polar surface area (TPSA) is 49.3 Å². The van der Waals surface area contributed by atoms with E-state index in [1.807, 2.05) is 48.5 Å². The zero-order valence-electron chi connectivity index (χ0n) is 10.8. The smallest absolute Gasteiger partial charge is 0.330 e. The van der Waals surface area contributed by atoms with Gasteiger partial charge in [-0.1, -0.05) is 40.2 Å². The van der Waals surface area contributed by atoms with Crippen molar-refractivity contribution in [3.8, 4) is 0 Å². The van der Waals surface area contributed by atoms with Gasteiger partial charge in [0.2, 0.25) is 0 Å². The summed E-state index contributed by atoms with van der Waals surface area (Å²) in [6.07, 6.45) is 1.02. The van der Waals surface area contributed by atoms with E-state index in [1.165, 1.54) is 0 Å². The molecule has 0 unspecified atom stereocenters. The molecule has 2 N–H and O–H groups in total. The number of hydrogen-bond donors (Lipinski definition) is 2. The van der Waals surface area contributed by atoms with Crippen molar-refractivity contribution in [3.63, 3.8) is 0 Å². The Balaban J connectivity index is 1.92. The second-order valence-corrected chi connectivity index (χ2v) is 6.06. The second-order valence-electron chi connectivity index (χ2n) is 5.14. The fraction of sp³-hybridized carbons (Fsp3) is 0.188. The predicted molar refractivity (Wildman–Crippen MR) is 82.0 cm³/mol. The summed E-state index contributed by atoms with van der Waals surface area (Å²) in [6.45, 7) is 0. The van der Waals surface area contributed by atoms with Gasteiger partial charge in [0.15, 0.2) is 0 Å². The first-order valence-corrected chi connectivity index (χ1v) is 7.22. The number of benzene rings is 2. The predicted octanol–water partition coefficient (Wildman–Crippen LogP) is 3.48. The first kappa shape index (κ1) is 13.2. The standard InChI is InChI=1S/C16H14BrNO2/c17-13-5-7-14(8-6-13)18-16(15(19)20)9-11-3-1-2-4-12(11)10-16/h1-8,18H,9-10H2,(H,19,20). The highest BCUT2D eigenvalue weighted by atomic mass is 79.9. The minimum absolute atomic E-state index is 0.509. The summed E-state index contributed by atoms with van der Waals surface area (Å²) < 4.78 is 0.974. The maximum absolute atomic E-state index is 11.8. The molecular formula is C16H14BrNO2. The quantitative estimate of drug-likeness (QED) is 0.905. The largest absolute Gasteiger partial charge is 0.479 e. The van der Waals surface area contributed by atoms with Gasteiger partial charge in [-0.05, 0) is 35.4 Å². The Labute approximate surface area is 125 Å². The minimum Gasteiger partial charge on any atom is -0.479 e. The molecule has 20 heavy (non-hydrogen) atoms. The monoisotopic (exact) mass is 331 g/mol. The zero-order valence-corrected chi connectivity index (χ0v) is 12.4. The van der Waals surface area contributed by atoms with Gasteiger partial charge in [-0.25, -0.2) is 4.79 Å². The van der Waals surface area contributed by atoms with Crippen molar-refractivity contribution in [3.05, 3.63) is 64.1 Å². The molecule has 0 spiro atoms. The lowest BCUT2D eigenvalue weighted by atomic mass is 9.95. The van der Waals surface area contributed by atoms with Crippen LogP contribution in [-0.4, -0.2) is 16.6 Å². The van der Waals surface area contributed by atoms with Crippen molar-refractivity contribution in [2.75, 3.05) is 5.32 Å². The zero-order chi connectivity index (χ0) is 14.2. The van der Waals surface area contributed by atoms with Crippen LogP contribution >= 0.6 is 15.9 Å². The highest BCUT2D eigenvalue weighted by Crippen LogP contribution is 2.33. The van der Waals surface area contributed by atoms with Gasteiger partial charge in [0.25, 0.3) is 0 Å². The molecule has 1 aliphatic rings. The van der Waals surface area contributed by atoms with Gasteiger partial charge in [0.05, 0.1) is 0 Å². The Morgan fingerprint density at radius 3 is 2.10 bits per heavy atom. The molecule has 2 aromatic rings. The van der Waals surface area contributed by atoms with Gasteiger partial charge in [0.1, 0.15) is 5.54 Å². The molecule has 0 saturated heterocycles. The number of anilines is 1. The molecule has 0 atom stereocenters. The van der Waals surface area contributed by atoms with Crippen LogP contribution in [0.4, 0.5) is 5.69 Å². The minimum atomic E-state index is -0.947. The lowest BCUT2D eigenvalue weighted by Gasteiger charge is -2.26. The van der Waals surface area contributed by atoms with Crippen molar-refractivity contribution >= 4 is 27.6 Å². The molecule has 2 aromatic carbocycles. The van der Waals surface area contributed by atoms with Crippen LogP contribution in [0.5, 0.6) is 0 Å². The van der Waals surface area contributed by atoms with Crippen LogP contribution < -0.4 is 5.32 Å². The van der Waals surface area contributed by atoms with E-state index in [1.54, 1.807) is 0 Å². The van der Waals surface area contributed by atoms with Gasteiger partial charge in [-0.15, -0.1) is 0 Å². The van der Waals surface area contributed by atoms with Gasteiger partial charge in [-0.3, -0.25) is 0 Å². The molecule has 0 heterocycles. The maximum Gasteiger partial charge on any atom is 0.330 e. The molecule has 0 amide bonds. The van der Waals surface area contributed by atoms with Crippen molar-refractivity contribution < 1.29 is 9.90 Å². The Morgan fingerprint density at radius 2 is 1.60 bits per heavy atom. The van der Waals surface area contributed by atoms with Crippen LogP contribution in [0.2, 0.25) is 0 Å². The molecule has 3 nitrogen and oxygen atoms in total. The normalized spacial score (nSPS) is 15.7. The summed E-state index contributed by atoms with van der Waals surface area (Å²) in [5, 5.41) is 12.9. The molecule has 0 bridgehead atoms. The maximum atomic E-state index is 11.8. The highest BCUT2D eigenvalue weighted by molar-refractivity contribution is 9.10. The average Bonchev–Trinajstić information content (AvgIpc) is 2.81. The number of carboxylic acids is 1. The van der Waals surface area contributed by atoms with Crippen molar-refractivity contribution in [1.82, 2.24) is 0 Å². The van der Waals surface area contributed by atoms with E-state index in [0.29, 0.717) is 12.8 Å². The fourth-order valence-electron chi connectivity index (χ4n) is 2.72. The number of aliphatic carboxylic acids is 1. The van der Waals surface area contributed by atoms with Crippen LogP contribution in [0, 0.1) is 0 Å². The highest BCUT2D eigenvalue weighted by Gasteiger charge is 2.44. The van der Waals surface area contributed by atoms with Crippen LogP contribution in [0.25, 0.3) is 0 Å². The first-order chi connectivity index (χ1) is 9.59. The van der Waals surface area contributed by atoms with E-state index in [2.05, 4.69) is 21.2 Å². The molecule has 1 aliphatic carbocycles. The third-order valence-electron chi connectivity index (χ3n) is 3.74. The first-order valence-electron chi connectivity index (χ1n) is 6.43. The van der Waals surface area contributed by atoms with Crippen molar-refractivity contribution in [2.24, 2.45) is 0 Å². The Morgan fingerprint density at radius 1 is 1.05 bits per heavy atom. The molecule has 102 valence electrons. The third-order valence-corrected chi connectivity index (χ3v) is 4.27. The van der Waals surface area contributed by atoms with Crippen LogP contribution in [-0.2, 0) is 17.6 Å². The van der Waals surface area contributed by atoms with Crippen LogP contribution in [0.15, 0.2) is 53.0 Å². The Kier molecular flexibility index (Phi) is 3.26. The number of halogens is 1. The lowest BCUT2D eigenvalue weighted by molar-refractivity contribution is -0.142. The average molecular weight is 332 g/mol. The number of carboxylic acid groups (broad SMARTS) is 1. The van der Waals surface area contributed by atoms with Crippen LogP contribution in [0.3, 0.4) is 0 Å². The van der Waals surface area contributed by atoms with Gasteiger partial charge >= 0.3 is 5.97 Å². The molecule has 0 radical (unpaired) electrons. The van der Waals surface area contributed by atoms with Gasteiger partial charge < -0.3 is 10.4 Å². The van der Waals surface area contributed by atoms with Crippen molar-refractivity contribution in [1.29, 1.82) is 0 Å². The summed E-state index contributed by atoms with van der Waals surface area (Å²) in [4.78, 5) is 11.8. The summed E-state index contributed by atoms with van der Waals surface area (Å²) in [7, 11) is 0. The van der Waals surface area contributed by atoms with Gasteiger partial charge in [0, 0.05) is 23.0 Å². The third kappa shape index (κ3) is 2.31. The number of fused-ring (bicyclic) bond motifs is 1. The molecule has 3 rings (SSSR count). The molecule has 0 aliphatic heterocycles. The molecular weight excluding hydrogens is 318 g/mol. The number of carbonyl (C=O) groups is 1. The molecule has 0 saturated carbocycles. The van der Waals surface area contributed by atoms with Gasteiger partial charge in [-0.2, -0.15) is 0 Å². The van der Waals surface area contributed by atoms with E-state index in [0.717, 1.165) is 21.3 Å².